The first-order chi connectivity index (χ1) is 13.7. The molecule has 0 bridgehead atoms. The lowest BCUT2D eigenvalue weighted by Gasteiger charge is -2.36. The molecule has 0 unspecified atom stereocenters. The largest absolute Gasteiger partial charge is 0.383 e. The number of fused-ring (bicyclic) bond motifs is 1. The van der Waals surface area contributed by atoms with Crippen LogP contribution in [0.25, 0.3) is 10.9 Å². The quantitative estimate of drug-likeness (QED) is 0.663. The number of hydrogen-bond acceptors (Lipinski definition) is 7. The lowest BCUT2D eigenvalue weighted by atomic mass is 10.2. The topological polar surface area (TPSA) is 76.4 Å². The molecule has 1 aliphatic rings. The Kier molecular flexibility index (Phi) is 5.21. The van der Waals surface area contributed by atoms with Gasteiger partial charge in [0.1, 0.15) is 5.82 Å². The minimum absolute atomic E-state index is 0.0311. The number of hydrogen-bond donors (Lipinski definition) is 0. The van der Waals surface area contributed by atoms with Gasteiger partial charge < -0.3 is 14.5 Å². The van der Waals surface area contributed by atoms with Crippen molar-refractivity contribution in [2.24, 2.45) is 0 Å². The lowest BCUT2D eigenvalue weighted by Crippen LogP contribution is -2.46. The summed E-state index contributed by atoms with van der Waals surface area (Å²) in [5.41, 5.74) is 2.70. The Morgan fingerprint density at radius 2 is 1.82 bits per heavy atom. The third kappa shape index (κ3) is 3.68. The smallest absolute Gasteiger partial charge is 0.261 e. The Morgan fingerprint density at radius 3 is 2.54 bits per heavy atom. The summed E-state index contributed by atoms with van der Waals surface area (Å²) in [6.45, 7) is 6.45. The van der Waals surface area contributed by atoms with Crippen LogP contribution in [0.3, 0.4) is 0 Å². The number of ether oxygens (including phenoxy) is 1. The van der Waals surface area contributed by atoms with Crippen LogP contribution in [0, 0.1) is 6.92 Å². The molecule has 1 fully saturated rings. The molecule has 146 valence electrons. The average Bonchev–Trinajstić information content (AvgIpc) is 2.74. The van der Waals surface area contributed by atoms with Crippen LogP contribution in [-0.2, 0) is 11.3 Å². The van der Waals surface area contributed by atoms with Gasteiger partial charge in [-0.25, -0.2) is 9.97 Å². The summed E-state index contributed by atoms with van der Waals surface area (Å²) in [4.78, 5) is 30.4. The molecule has 1 aromatic carbocycles. The fraction of sp³-hybridized carbons (Fsp3) is 0.400. The number of benzene rings is 1. The maximum absolute atomic E-state index is 12.6. The maximum Gasteiger partial charge on any atom is 0.261 e. The van der Waals surface area contributed by atoms with Crippen molar-refractivity contribution in [2.45, 2.75) is 13.5 Å². The van der Waals surface area contributed by atoms with E-state index in [0.717, 1.165) is 48.9 Å². The van der Waals surface area contributed by atoms with E-state index in [1.165, 1.54) is 0 Å². The molecule has 4 rings (SSSR count). The molecule has 28 heavy (non-hydrogen) atoms. The van der Waals surface area contributed by atoms with Crippen molar-refractivity contribution in [2.75, 3.05) is 49.7 Å². The molecule has 0 saturated carbocycles. The minimum atomic E-state index is -0.0311. The molecule has 8 nitrogen and oxygen atoms in total. The van der Waals surface area contributed by atoms with Gasteiger partial charge >= 0.3 is 0 Å². The minimum Gasteiger partial charge on any atom is -0.383 e. The van der Waals surface area contributed by atoms with Crippen LogP contribution in [0.5, 0.6) is 0 Å². The monoisotopic (exact) mass is 380 g/mol. The zero-order chi connectivity index (χ0) is 19.5. The molecule has 0 radical (unpaired) electrons. The van der Waals surface area contributed by atoms with Gasteiger partial charge in [-0.05, 0) is 25.1 Å². The predicted octanol–water partition coefficient (Wildman–Crippen LogP) is 1.47. The Labute approximate surface area is 163 Å². The second kappa shape index (κ2) is 7.93. The van der Waals surface area contributed by atoms with E-state index >= 15 is 0 Å². The Hall–Kier alpha value is -3.00. The van der Waals surface area contributed by atoms with Gasteiger partial charge in [0.25, 0.3) is 5.56 Å². The van der Waals surface area contributed by atoms with Crippen molar-refractivity contribution in [3.05, 3.63) is 53.0 Å². The molecule has 3 heterocycles. The van der Waals surface area contributed by atoms with Crippen molar-refractivity contribution in [3.8, 4) is 0 Å². The summed E-state index contributed by atoms with van der Waals surface area (Å²) in [7, 11) is 1.62. The molecule has 1 aliphatic heterocycles. The highest BCUT2D eigenvalue weighted by molar-refractivity contribution is 5.81. The van der Waals surface area contributed by atoms with E-state index in [4.69, 9.17) is 4.74 Å². The van der Waals surface area contributed by atoms with Crippen molar-refractivity contribution < 1.29 is 4.74 Å². The molecule has 3 aromatic rings. The summed E-state index contributed by atoms with van der Waals surface area (Å²) in [5, 5.41) is 0.635. The number of piperazine rings is 1. The third-order valence-corrected chi connectivity index (χ3v) is 5.08. The van der Waals surface area contributed by atoms with Gasteiger partial charge in [0, 0.05) is 39.0 Å². The lowest BCUT2D eigenvalue weighted by molar-refractivity contribution is 0.186. The van der Waals surface area contributed by atoms with Crippen LogP contribution in [0.1, 0.15) is 5.69 Å². The van der Waals surface area contributed by atoms with E-state index in [-0.39, 0.29) is 5.56 Å². The fourth-order valence-corrected chi connectivity index (χ4v) is 3.44. The molecule has 0 amide bonds. The summed E-state index contributed by atoms with van der Waals surface area (Å²) < 4.78 is 6.64. The number of nitrogens with zero attached hydrogens (tertiary/aromatic N) is 6. The van der Waals surface area contributed by atoms with E-state index in [1.807, 2.05) is 31.3 Å². The van der Waals surface area contributed by atoms with Gasteiger partial charge in [-0.1, -0.05) is 0 Å². The van der Waals surface area contributed by atoms with E-state index in [0.29, 0.717) is 18.5 Å². The Bertz CT molecular complexity index is 1010. The van der Waals surface area contributed by atoms with E-state index in [9.17, 15) is 4.79 Å². The molecular weight excluding hydrogens is 356 g/mol. The van der Waals surface area contributed by atoms with E-state index in [2.05, 4.69) is 24.8 Å². The zero-order valence-corrected chi connectivity index (χ0v) is 16.2. The van der Waals surface area contributed by atoms with Crippen LogP contribution in [0.4, 0.5) is 11.5 Å². The van der Waals surface area contributed by atoms with Gasteiger partial charge in [0.2, 0.25) is 0 Å². The second-order valence-corrected chi connectivity index (χ2v) is 6.93. The highest BCUT2D eigenvalue weighted by atomic mass is 16.5. The fourth-order valence-electron chi connectivity index (χ4n) is 3.44. The second-order valence-electron chi connectivity index (χ2n) is 6.93. The first-order valence-electron chi connectivity index (χ1n) is 9.42. The first-order valence-corrected chi connectivity index (χ1v) is 9.42. The Balaban J connectivity index is 1.49. The van der Waals surface area contributed by atoms with Crippen LogP contribution in [-0.4, -0.2) is 59.4 Å². The molecule has 0 N–H and O–H groups in total. The molecule has 2 aromatic heterocycles. The van der Waals surface area contributed by atoms with Gasteiger partial charge in [-0.15, -0.1) is 0 Å². The van der Waals surface area contributed by atoms with Crippen molar-refractivity contribution in [3.63, 3.8) is 0 Å². The average molecular weight is 380 g/mol. The van der Waals surface area contributed by atoms with Gasteiger partial charge in [-0.2, -0.15) is 0 Å². The first kappa shape index (κ1) is 18.4. The van der Waals surface area contributed by atoms with E-state index in [1.54, 1.807) is 24.2 Å². The number of aromatic nitrogens is 4. The number of rotatable bonds is 5. The third-order valence-electron chi connectivity index (χ3n) is 5.08. The summed E-state index contributed by atoms with van der Waals surface area (Å²) >= 11 is 0. The van der Waals surface area contributed by atoms with Gasteiger partial charge in [-0.3, -0.25) is 14.3 Å². The summed E-state index contributed by atoms with van der Waals surface area (Å²) in [6, 6.07) is 5.88. The highest BCUT2D eigenvalue weighted by Crippen LogP contribution is 2.21. The van der Waals surface area contributed by atoms with Crippen LogP contribution in [0.15, 0.2) is 41.7 Å². The molecule has 0 atom stereocenters. The molecule has 8 heteroatoms. The SMILES string of the molecule is COCCn1cnc2cc(N3CCN(c4cnc(C)cn4)CC3)ccc2c1=O. The predicted molar refractivity (Wildman–Crippen MR) is 109 cm³/mol. The summed E-state index contributed by atoms with van der Waals surface area (Å²) in [6.07, 6.45) is 5.23. The number of methoxy groups -OCH3 is 1. The van der Waals surface area contributed by atoms with Crippen molar-refractivity contribution in [1.82, 2.24) is 19.5 Å². The highest BCUT2D eigenvalue weighted by Gasteiger charge is 2.19. The summed E-state index contributed by atoms with van der Waals surface area (Å²) in [5.74, 6) is 0.919. The van der Waals surface area contributed by atoms with Gasteiger partial charge in [0.05, 0.1) is 48.5 Å². The maximum atomic E-state index is 12.6. The molecular formula is C20H24N6O2. The van der Waals surface area contributed by atoms with Crippen LogP contribution < -0.4 is 15.4 Å². The van der Waals surface area contributed by atoms with Gasteiger partial charge in [0.15, 0.2) is 0 Å². The number of anilines is 2. The number of aryl methyl sites for hydroxylation is 1. The standard InChI is InChI=1S/C20H24N6O2/c1-15-12-22-19(13-21-15)25-7-5-24(6-8-25)16-3-4-17-18(11-16)23-14-26(20(17)27)9-10-28-2/h3-4,11-14H,5-10H2,1-2H3. The van der Waals surface area contributed by atoms with E-state index < -0.39 is 0 Å². The molecule has 0 aliphatic carbocycles. The molecule has 0 spiro atoms. The zero-order valence-electron chi connectivity index (χ0n) is 16.2. The van der Waals surface area contributed by atoms with Crippen LogP contribution in [0.2, 0.25) is 0 Å². The van der Waals surface area contributed by atoms with Crippen LogP contribution >= 0.6 is 0 Å². The normalized spacial score (nSPS) is 14.6. The van der Waals surface area contributed by atoms with Crippen molar-refractivity contribution >= 4 is 22.4 Å². The molecule has 1 saturated heterocycles. The Morgan fingerprint density at radius 1 is 1.04 bits per heavy atom. The van der Waals surface area contributed by atoms with Crippen molar-refractivity contribution in [1.29, 1.82) is 0 Å².